The highest BCUT2D eigenvalue weighted by atomic mass is 19.1. The molecule has 0 bridgehead atoms. The van der Waals surface area contributed by atoms with Crippen molar-refractivity contribution in [2.24, 2.45) is 0 Å². The van der Waals surface area contributed by atoms with Gasteiger partial charge in [0.2, 0.25) is 0 Å². The molecular weight excluding hydrogens is 205 g/mol. The van der Waals surface area contributed by atoms with E-state index in [9.17, 15) is 9.50 Å². The van der Waals surface area contributed by atoms with Crippen molar-refractivity contribution in [3.8, 4) is 0 Å². The van der Waals surface area contributed by atoms with Crippen LogP contribution in [0.1, 0.15) is 31.2 Å². The van der Waals surface area contributed by atoms with Crippen molar-refractivity contribution in [3.05, 3.63) is 29.6 Å². The van der Waals surface area contributed by atoms with E-state index in [1.54, 1.807) is 6.07 Å². The number of hydrogen-bond donors (Lipinski definition) is 2. The maximum absolute atomic E-state index is 13.6. The van der Waals surface area contributed by atoms with E-state index in [1.807, 2.05) is 13.0 Å². The first kappa shape index (κ1) is 11.4. The highest BCUT2D eigenvalue weighted by molar-refractivity contribution is 5.52. The molecule has 0 heterocycles. The molecule has 3 heteroatoms. The Bertz CT molecular complexity index is 347. The van der Waals surface area contributed by atoms with Crippen molar-refractivity contribution >= 4 is 5.69 Å². The van der Waals surface area contributed by atoms with E-state index < -0.39 is 0 Å². The molecular formula is C13H18FNO. The maximum atomic E-state index is 13.6. The second-order valence-electron chi connectivity index (χ2n) is 4.53. The van der Waals surface area contributed by atoms with Gasteiger partial charge in [0.15, 0.2) is 0 Å². The highest BCUT2D eigenvalue weighted by Gasteiger charge is 2.23. The van der Waals surface area contributed by atoms with Gasteiger partial charge in [-0.3, -0.25) is 0 Å². The largest absolute Gasteiger partial charge is 0.391 e. The van der Waals surface area contributed by atoms with Crippen LogP contribution < -0.4 is 5.32 Å². The summed E-state index contributed by atoms with van der Waals surface area (Å²) in [4.78, 5) is 0. The quantitative estimate of drug-likeness (QED) is 0.808. The molecule has 0 amide bonds. The number of para-hydroxylation sites is 1. The first-order valence-corrected chi connectivity index (χ1v) is 5.88. The van der Waals surface area contributed by atoms with Crippen molar-refractivity contribution < 1.29 is 9.50 Å². The van der Waals surface area contributed by atoms with Crippen LogP contribution >= 0.6 is 0 Å². The van der Waals surface area contributed by atoms with Gasteiger partial charge in [-0.1, -0.05) is 25.0 Å². The Labute approximate surface area is 95.5 Å². The van der Waals surface area contributed by atoms with E-state index in [-0.39, 0.29) is 18.0 Å². The third kappa shape index (κ3) is 2.35. The van der Waals surface area contributed by atoms with E-state index >= 15 is 0 Å². The van der Waals surface area contributed by atoms with Crippen molar-refractivity contribution in [2.75, 3.05) is 5.32 Å². The van der Waals surface area contributed by atoms with Crippen LogP contribution in [-0.4, -0.2) is 17.3 Å². The standard InChI is InChI=1S/C13H18FNO/c1-9-5-4-6-10(14)13(9)15-11-7-2-3-8-12(11)16/h4-6,11-12,15-16H,2-3,7-8H2,1H3/t11-,12-/m0/s1. The van der Waals surface area contributed by atoms with Crippen molar-refractivity contribution in [3.63, 3.8) is 0 Å². The molecule has 0 radical (unpaired) electrons. The van der Waals surface area contributed by atoms with E-state index in [1.165, 1.54) is 6.07 Å². The summed E-state index contributed by atoms with van der Waals surface area (Å²) in [5.74, 6) is -0.238. The molecule has 2 atom stereocenters. The Morgan fingerprint density at radius 2 is 2.06 bits per heavy atom. The molecule has 2 nitrogen and oxygen atoms in total. The average Bonchev–Trinajstić information content (AvgIpc) is 2.26. The van der Waals surface area contributed by atoms with Crippen LogP contribution in [0.15, 0.2) is 18.2 Å². The fraction of sp³-hybridized carbons (Fsp3) is 0.538. The number of aryl methyl sites for hydroxylation is 1. The SMILES string of the molecule is Cc1cccc(F)c1N[C@H]1CCCC[C@@H]1O. The zero-order valence-electron chi connectivity index (χ0n) is 9.54. The summed E-state index contributed by atoms with van der Waals surface area (Å²) in [5.41, 5.74) is 1.42. The second kappa shape index (κ2) is 4.83. The lowest BCUT2D eigenvalue weighted by atomic mass is 9.92. The molecule has 0 aliphatic heterocycles. The molecule has 0 unspecified atom stereocenters. The molecule has 2 N–H and O–H groups in total. The van der Waals surface area contributed by atoms with E-state index in [4.69, 9.17) is 0 Å². The summed E-state index contributed by atoms with van der Waals surface area (Å²) in [6.07, 6.45) is 3.53. The van der Waals surface area contributed by atoms with Crippen molar-refractivity contribution in [1.82, 2.24) is 0 Å². The molecule has 1 aromatic carbocycles. The fourth-order valence-electron chi connectivity index (χ4n) is 2.28. The topological polar surface area (TPSA) is 32.3 Å². The van der Waals surface area contributed by atoms with Crippen LogP contribution in [0.5, 0.6) is 0 Å². The Morgan fingerprint density at radius 1 is 1.31 bits per heavy atom. The Morgan fingerprint density at radius 3 is 2.75 bits per heavy atom. The van der Waals surface area contributed by atoms with Gasteiger partial charge in [-0.25, -0.2) is 4.39 Å². The number of halogens is 1. The van der Waals surface area contributed by atoms with Gasteiger partial charge in [0, 0.05) is 0 Å². The molecule has 1 fully saturated rings. The van der Waals surface area contributed by atoms with E-state index in [2.05, 4.69) is 5.32 Å². The predicted molar refractivity (Wildman–Crippen MR) is 63.0 cm³/mol. The maximum Gasteiger partial charge on any atom is 0.146 e. The number of benzene rings is 1. The zero-order valence-corrected chi connectivity index (χ0v) is 9.54. The molecule has 16 heavy (non-hydrogen) atoms. The number of nitrogens with one attached hydrogen (secondary N) is 1. The molecule has 0 saturated heterocycles. The third-order valence-corrected chi connectivity index (χ3v) is 3.28. The lowest BCUT2D eigenvalue weighted by Gasteiger charge is -2.29. The van der Waals surface area contributed by atoms with E-state index in [0.29, 0.717) is 5.69 Å². The van der Waals surface area contributed by atoms with Crippen LogP contribution in [0.3, 0.4) is 0 Å². The fourth-order valence-corrected chi connectivity index (χ4v) is 2.28. The molecule has 1 saturated carbocycles. The van der Waals surface area contributed by atoms with Gasteiger partial charge in [0.1, 0.15) is 5.82 Å². The van der Waals surface area contributed by atoms with Gasteiger partial charge in [0.25, 0.3) is 0 Å². The minimum atomic E-state index is -0.354. The van der Waals surface area contributed by atoms with Crippen LogP contribution in [-0.2, 0) is 0 Å². The summed E-state index contributed by atoms with van der Waals surface area (Å²) < 4.78 is 13.6. The summed E-state index contributed by atoms with van der Waals surface area (Å²) >= 11 is 0. The molecule has 0 aromatic heterocycles. The minimum Gasteiger partial charge on any atom is -0.391 e. The van der Waals surface area contributed by atoms with E-state index in [0.717, 1.165) is 31.2 Å². The first-order valence-electron chi connectivity index (χ1n) is 5.88. The van der Waals surface area contributed by atoms with Crippen molar-refractivity contribution in [2.45, 2.75) is 44.8 Å². The van der Waals surface area contributed by atoms with Gasteiger partial charge in [-0.05, 0) is 31.4 Å². The smallest absolute Gasteiger partial charge is 0.146 e. The Kier molecular flexibility index (Phi) is 3.44. The number of aliphatic hydroxyl groups excluding tert-OH is 1. The first-order chi connectivity index (χ1) is 7.68. The van der Waals surface area contributed by atoms with Crippen LogP contribution in [0.25, 0.3) is 0 Å². The minimum absolute atomic E-state index is 0.00986. The highest BCUT2D eigenvalue weighted by Crippen LogP contribution is 2.25. The molecule has 1 aromatic rings. The molecule has 2 rings (SSSR count). The number of hydrogen-bond acceptors (Lipinski definition) is 2. The van der Waals surface area contributed by atoms with Crippen LogP contribution in [0.2, 0.25) is 0 Å². The number of anilines is 1. The van der Waals surface area contributed by atoms with Gasteiger partial charge in [-0.2, -0.15) is 0 Å². The van der Waals surface area contributed by atoms with Crippen LogP contribution in [0.4, 0.5) is 10.1 Å². The normalized spacial score (nSPS) is 25.4. The van der Waals surface area contributed by atoms with Gasteiger partial charge in [0.05, 0.1) is 17.8 Å². The lowest BCUT2D eigenvalue weighted by Crippen LogP contribution is -2.36. The van der Waals surface area contributed by atoms with Gasteiger partial charge < -0.3 is 10.4 Å². The number of rotatable bonds is 2. The third-order valence-electron chi connectivity index (χ3n) is 3.28. The molecule has 0 spiro atoms. The lowest BCUT2D eigenvalue weighted by molar-refractivity contribution is 0.116. The second-order valence-corrected chi connectivity index (χ2v) is 4.53. The summed E-state index contributed by atoms with van der Waals surface area (Å²) in [5, 5.41) is 13.0. The predicted octanol–water partition coefficient (Wildman–Crippen LogP) is 2.85. The Balaban J connectivity index is 2.13. The van der Waals surface area contributed by atoms with Crippen molar-refractivity contribution in [1.29, 1.82) is 0 Å². The van der Waals surface area contributed by atoms with Gasteiger partial charge in [-0.15, -0.1) is 0 Å². The molecule has 1 aliphatic rings. The molecule has 1 aliphatic carbocycles. The molecule has 88 valence electrons. The monoisotopic (exact) mass is 223 g/mol. The average molecular weight is 223 g/mol. The summed E-state index contributed by atoms with van der Waals surface area (Å²) in [6.45, 7) is 1.88. The van der Waals surface area contributed by atoms with Crippen LogP contribution in [0, 0.1) is 12.7 Å². The Hall–Kier alpha value is -1.09. The number of aliphatic hydroxyl groups is 1. The van der Waals surface area contributed by atoms with Gasteiger partial charge >= 0.3 is 0 Å². The summed E-state index contributed by atoms with van der Waals surface area (Å²) in [6, 6.07) is 5.02. The zero-order chi connectivity index (χ0) is 11.5. The summed E-state index contributed by atoms with van der Waals surface area (Å²) in [7, 11) is 0.